The lowest BCUT2D eigenvalue weighted by Gasteiger charge is -2.20. The zero-order chi connectivity index (χ0) is 21.3. The molecule has 0 atom stereocenters. The fourth-order valence-electron chi connectivity index (χ4n) is 2.79. The Labute approximate surface area is 180 Å². The summed E-state index contributed by atoms with van der Waals surface area (Å²) in [5.41, 5.74) is 1.41. The Kier molecular flexibility index (Phi) is 7.45. The second kappa shape index (κ2) is 10.5. The van der Waals surface area contributed by atoms with Gasteiger partial charge in [-0.1, -0.05) is 6.08 Å². The molecule has 0 fully saturated rings. The topological polar surface area (TPSA) is 60.9 Å². The highest BCUT2D eigenvalue weighted by molar-refractivity contribution is 7.09. The van der Waals surface area contributed by atoms with Gasteiger partial charge in [0.15, 0.2) is 0 Å². The average Bonchev–Trinajstić information content (AvgIpc) is 3.24. The van der Waals surface area contributed by atoms with Crippen LogP contribution in [-0.2, 0) is 13.2 Å². The van der Waals surface area contributed by atoms with E-state index in [2.05, 4.69) is 11.6 Å². The number of rotatable bonds is 10. The van der Waals surface area contributed by atoms with Gasteiger partial charge in [0.2, 0.25) is 0 Å². The molecule has 1 heterocycles. The Morgan fingerprint density at radius 1 is 1.03 bits per heavy atom. The molecular formula is C23H24N2O4S. The lowest BCUT2D eigenvalue weighted by Crippen LogP contribution is -2.30. The van der Waals surface area contributed by atoms with Crippen molar-refractivity contribution >= 4 is 17.2 Å². The number of hydrogen-bond acceptors (Lipinski definition) is 6. The molecule has 1 amide bonds. The summed E-state index contributed by atoms with van der Waals surface area (Å²) in [6, 6.07) is 14.5. The zero-order valence-electron chi connectivity index (χ0n) is 17.0. The predicted octanol–water partition coefficient (Wildman–Crippen LogP) is 4.57. The van der Waals surface area contributed by atoms with E-state index in [1.807, 2.05) is 29.6 Å². The lowest BCUT2D eigenvalue weighted by atomic mass is 10.2. The van der Waals surface area contributed by atoms with E-state index in [4.69, 9.17) is 14.2 Å². The van der Waals surface area contributed by atoms with E-state index < -0.39 is 0 Å². The van der Waals surface area contributed by atoms with Crippen molar-refractivity contribution < 1.29 is 19.0 Å². The van der Waals surface area contributed by atoms with Crippen LogP contribution in [0, 0.1) is 0 Å². The molecule has 3 aromatic rings. The largest absolute Gasteiger partial charge is 0.497 e. The summed E-state index contributed by atoms with van der Waals surface area (Å²) in [5.74, 6) is 2.16. The van der Waals surface area contributed by atoms with Crippen molar-refractivity contribution in [1.82, 2.24) is 9.88 Å². The van der Waals surface area contributed by atoms with E-state index in [-0.39, 0.29) is 5.91 Å². The molecule has 30 heavy (non-hydrogen) atoms. The number of aromatic nitrogens is 1. The average molecular weight is 425 g/mol. The van der Waals surface area contributed by atoms with E-state index >= 15 is 0 Å². The molecule has 0 unspecified atom stereocenters. The first kappa shape index (κ1) is 21.4. The van der Waals surface area contributed by atoms with Crippen LogP contribution >= 0.6 is 11.3 Å². The van der Waals surface area contributed by atoms with Crippen molar-refractivity contribution in [3.63, 3.8) is 0 Å². The molecule has 156 valence electrons. The zero-order valence-corrected chi connectivity index (χ0v) is 17.9. The molecule has 6 nitrogen and oxygen atoms in total. The van der Waals surface area contributed by atoms with Gasteiger partial charge < -0.3 is 19.1 Å². The van der Waals surface area contributed by atoms with E-state index in [1.165, 1.54) is 11.3 Å². The maximum absolute atomic E-state index is 12.9. The standard InChI is InChI=1S/C23H24N2O4S/c1-4-13-25(23(26)17-5-7-19(27-2)8-6-17)14-18-16-30-22(24-18)15-29-21-11-9-20(28-3)10-12-21/h4-12,16H,1,13-15H2,2-3H3. The van der Waals surface area contributed by atoms with Gasteiger partial charge in [-0.25, -0.2) is 4.98 Å². The van der Waals surface area contributed by atoms with Gasteiger partial charge in [0.1, 0.15) is 28.9 Å². The van der Waals surface area contributed by atoms with Crippen LogP contribution in [0.25, 0.3) is 0 Å². The third-order valence-corrected chi connectivity index (χ3v) is 5.22. The first-order chi connectivity index (χ1) is 14.6. The minimum absolute atomic E-state index is 0.0819. The predicted molar refractivity (Wildman–Crippen MR) is 117 cm³/mol. The molecular weight excluding hydrogens is 400 g/mol. The summed E-state index contributed by atoms with van der Waals surface area (Å²) in [6.07, 6.45) is 1.71. The second-order valence-electron chi connectivity index (χ2n) is 6.40. The van der Waals surface area contributed by atoms with Gasteiger partial charge in [-0.2, -0.15) is 0 Å². The third kappa shape index (κ3) is 5.61. The fraction of sp³-hybridized carbons (Fsp3) is 0.217. The third-order valence-electron chi connectivity index (χ3n) is 4.35. The number of carbonyl (C=O) groups is 1. The number of benzene rings is 2. The van der Waals surface area contributed by atoms with Crippen LogP contribution in [0.1, 0.15) is 21.1 Å². The Balaban J connectivity index is 1.62. The van der Waals surface area contributed by atoms with Crippen LogP contribution in [0.5, 0.6) is 17.2 Å². The van der Waals surface area contributed by atoms with Crippen molar-refractivity contribution in [1.29, 1.82) is 0 Å². The molecule has 0 saturated heterocycles. The molecule has 0 bridgehead atoms. The van der Waals surface area contributed by atoms with E-state index in [1.54, 1.807) is 49.5 Å². The Morgan fingerprint density at radius 2 is 1.63 bits per heavy atom. The van der Waals surface area contributed by atoms with Gasteiger partial charge in [0, 0.05) is 17.5 Å². The summed E-state index contributed by atoms with van der Waals surface area (Å²) >= 11 is 1.51. The smallest absolute Gasteiger partial charge is 0.254 e. The van der Waals surface area contributed by atoms with E-state index in [0.717, 1.165) is 22.2 Å². The van der Waals surface area contributed by atoms with Crippen molar-refractivity contribution in [2.24, 2.45) is 0 Å². The van der Waals surface area contributed by atoms with Gasteiger partial charge in [0.05, 0.1) is 26.5 Å². The van der Waals surface area contributed by atoms with Gasteiger partial charge in [0.25, 0.3) is 5.91 Å². The molecule has 0 aliphatic rings. The second-order valence-corrected chi connectivity index (χ2v) is 7.34. The molecule has 7 heteroatoms. The van der Waals surface area contributed by atoms with Crippen LogP contribution in [0.4, 0.5) is 0 Å². The van der Waals surface area contributed by atoms with E-state index in [0.29, 0.717) is 31.0 Å². The van der Waals surface area contributed by atoms with Crippen LogP contribution in [0.15, 0.2) is 66.6 Å². The normalized spacial score (nSPS) is 10.3. The Bertz CT molecular complexity index is 968. The summed E-state index contributed by atoms with van der Waals surface area (Å²) in [5, 5.41) is 2.79. The van der Waals surface area contributed by atoms with Gasteiger partial charge in [-0.15, -0.1) is 17.9 Å². The lowest BCUT2D eigenvalue weighted by molar-refractivity contribution is 0.0761. The van der Waals surface area contributed by atoms with Crippen molar-refractivity contribution in [2.45, 2.75) is 13.2 Å². The number of hydrogen-bond donors (Lipinski definition) is 0. The molecule has 2 aromatic carbocycles. The number of nitrogens with zero attached hydrogens (tertiary/aromatic N) is 2. The summed E-state index contributed by atoms with van der Waals surface area (Å²) in [6.45, 7) is 4.96. The van der Waals surface area contributed by atoms with Crippen LogP contribution in [0.3, 0.4) is 0 Å². The number of methoxy groups -OCH3 is 2. The molecule has 0 saturated carbocycles. The molecule has 0 N–H and O–H groups in total. The SMILES string of the molecule is C=CCN(Cc1csc(COc2ccc(OC)cc2)n1)C(=O)c1ccc(OC)cc1. The number of carbonyl (C=O) groups excluding carboxylic acids is 1. The highest BCUT2D eigenvalue weighted by Gasteiger charge is 2.17. The molecule has 0 radical (unpaired) electrons. The molecule has 0 aliphatic carbocycles. The minimum Gasteiger partial charge on any atom is -0.497 e. The molecule has 1 aromatic heterocycles. The highest BCUT2D eigenvalue weighted by Crippen LogP contribution is 2.20. The number of ether oxygens (including phenoxy) is 3. The highest BCUT2D eigenvalue weighted by atomic mass is 32.1. The van der Waals surface area contributed by atoms with Gasteiger partial charge in [-0.3, -0.25) is 4.79 Å². The maximum Gasteiger partial charge on any atom is 0.254 e. The van der Waals surface area contributed by atoms with E-state index in [9.17, 15) is 4.79 Å². The maximum atomic E-state index is 12.9. The fourth-order valence-corrected chi connectivity index (χ4v) is 3.49. The summed E-state index contributed by atoms with van der Waals surface area (Å²) in [4.78, 5) is 19.2. The molecule has 3 rings (SSSR count). The van der Waals surface area contributed by atoms with Crippen LogP contribution in [0.2, 0.25) is 0 Å². The van der Waals surface area contributed by atoms with Crippen molar-refractivity contribution in [3.8, 4) is 17.2 Å². The first-order valence-electron chi connectivity index (χ1n) is 9.37. The van der Waals surface area contributed by atoms with Gasteiger partial charge in [-0.05, 0) is 48.5 Å². The first-order valence-corrected chi connectivity index (χ1v) is 10.2. The van der Waals surface area contributed by atoms with Gasteiger partial charge >= 0.3 is 0 Å². The Morgan fingerprint density at radius 3 is 2.23 bits per heavy atom. The van der Waals surface area contributed by atoms with Crippen LogP contribution < -0.4 is 14.2 Å². The quantitative estimate of drug-likeness (QED) is 0.446. The Hall–Kier alpha value is -3.32. The summed E-state index contributed by atoms with van der Waals surface area (Å²) in [7, 11) is 3.22. The summed E-state index contributed by atoms with van der Waals surface area (Å²) < 4.78 is 16.1. The minimum atomic E-state index is -0.0819. The number of thiazole rings is 1. The van der Waals surface area contributed by atoms with Crippen LogP contribution in [-0.4, -0.2) is 36.6 Å². The molecule has 0 spiro atoms. The van der Waals surface area contributed by atoms with Crippen molar-refractivity contribution in [2.75, 3.05) is 20.8 Å². The van der Waals surface area contributed by atoms with Crippen molar-refractivity contribution in [3.05, 3.63) is 82.8 Å². The molecule has 0 aliphatic heterocycles. The number of amides is 1. The monoisotopic (exact) mass is 424 g/mol.